The molecular weight excluding hydrogens is 252 g/mol. The molecule has 0 unspecified atom stereocenters. The third-order valence-electron chi connectivity index (χ3n) is 1.64. The lowest BCUT2D eigenvalue weighted by Gasteiger charge is -2.05. The number of hydrogen-bond donors (Lipinski definition) is 2. The van der Waals surface area contributed by atoms with Crippen molar-refractivity contribution >= 4 is 28.3 Å². The molecule has 2 N–H and O–H groups in total. The van der Waals surface area contributed by atoms with E-state index in [9.17, 15) is 13.2 Å². The topological polar surface area (TPSA) is 75.3 Å². The number of amides is 1. The molecule has 0 saturated carbocycles. The van der Waals surface area contributed by atoms with Gasteiger partial charge in [-0.3, -0.25) is 4.79 Å². The van der Waals surface area contributed by atoms with Gasteiger partial charge in [0.25, 0.3) is 10.0 Å². The fourth-order valence-corrected chi connectivity index (χ4v) is 2.01. The van der Waals surface area contributed by atoms with Crippen molar-refractivity contribution in [1.29, 1.82) is 0 Å². The molecule has 0 radical (unpaired) electrons. The van der Waals surface area contributed by atoms with Gasteiger partial charge in [0.05, 0.1) is 11.4 Å². The van der Waals surface area contributed by atoms with Crippen molar-refractivity contribution in [2.45, 2.75) is 4.90 Å². The van der Waals surface area contributed by atoms with Crippen LogP contribution in [0.15, 0.2) is 35.2 Å². The zero-order chi connectivity index (χ0) is 11.3. The highest BCUT2D eigenvalue weighted by Crippen LogP contribution is 2.06. The second kappa shape index (κ2) is 6.47. The van der Waals surface area contributed by atoms with E-state index in [1.165, 1.54) is 12.1 Å². The Hall–Kier alpha value is -1.11. The summed E-state index contributed by atoms with van der Waals surface area (Å²) in [7, 11) is -2.16. The number of likely N-dealkylation sites (N-methyl/N-ethyl adjacent to an activating group) is 1. The molecular formula is C9H13ClN2O3S. The van der Waals surface area contributed by atoms with Gasteiger partial charge in [0, 0.05) is 0 Å². The van der Waals surface area contributed by atoms with Crippen LogP contribution in [0, 0.1) is 0 Å². The van der Waals surface area contributed by atoms with Gasteiger partial charge in [-0.25, -0.2) is 13.1 Å². The molecule has 7 heteroatoms. The first-order valence-corrected chi connectivity index (χ1v) is 5.80. The molecule has 1 aromatic rings. The Balaban J connectivity index is 0.00000225. The van der Waals surface area contributed by atoms with E-state index in [1.54, 1.807) is 25.2 Å². The molecule has 0 saturated heterocycles. The summed E-state index contributed by atoms with van der Waals surface area (Å²) in [6.45, 7) is -0.0357. The van der Waals surface area contributed by atoms with Crippen molar-refractivity contribution in [1.82, 2.24) is 10.0 Å². The number of carbonyl (C=O) groups is 1. The summed E-state index contributed by atoms with van der Waals surface area (Å²) < 4.78 is 25.1. The second-order valence-electron chi connectivity index (χ2n) is 2.87. The van der Waals surface area contributed by atoms with Crippen LogP contribution in [0.4, 0.5) is 0 Å². The fourth-order valence-electron chi connectivity index (χ4n) is 1.01. The number of nitrogens with one attached hydrogen (secondary N) is 2. The number of halogens is 1. The van der Waals surface area contributed by atoms with Gasteiger partial charge in [0.1, 0.15) is 0 Å². The highest BCUT2D eigenvalue weighted by atomic mass is 35.5. The van der Waals surface area contributed by atoms with E-state index in [4.69, 9.17) is 0 Å². The highest BCUT2D eigenvalue weighted by Gasteiger charge is 2.15. The lowest BCUT2D eigenvalue weighted by Crippen LogP contribution is -2.36. The van der Waals surface area contributed by atoms with Gasteiger partial charge in [-0.05, 0) is 19.2 Å². The largest absolute Gasteiger partial charge is 0.311 e. The third-order valence-corrected chi connectivity index (χ3v) is 3.03. The van der Waals surface area contributed by atoms with Gasteiger partial charge < -0.3 is 5.32 Å². The van der Waals surface area contributed by atoms with Gasteiger partial charge >= 0.3 is 0 Å². The first kappa shape index (κ1) is 14.9. The Morgan fingerprint density at radius 2 is 1.81 bits per heavy atom. The summed E-state index contributed by atoms with van der Waals surface area (Å²) in [5.74, 6) is -0.582. The molecule has 90 valence electrons. The van der Waals surface area contributed by atoms with Crippen LogP contribution in [0.3, 0.4) is 0 Å². The monoisotopic (exact) mass is 264 g/mol. The first-order chi connectivity index (χ1) is 7.06. The van der Waals surface area contributed by atoms with E-state index in [0.717, 1.165) is 0 Å². The first-order valence-electron chi connectivity index (χ1n) is 4.31. The molecule has 1 aromatic carbocycles. The number of sulfonamides is 1. The van der Waals surface area contributed by atoms with Crippen molar-refractivity contribution in [2.75, 3.05) is 13.6 Å². The van der Waals surface area contributed by atoms with Gasteiger partial charge in [-0.2, -0.15) is 0 Å². The zero-order valence-corrected chi connectivity index (χ0v) is 10.3. The Morgan fingerprint density at radius 1 is 1.25 bits per heavy atom. The predicted octanol–water partition coefficient (Wildman–Crippen LogP) is 0.133. The van der Waals surface area contributed by atoms with Crippen molar-refractivity contribution < 1.29 is 13.2 Å². The maximum Gasteiger partial charge on any atom is 0.264 e. The summed E-state index contributed by atoms with van der Waals surface area (Å²) in [5.41, 5.74) is 0. The van der Waals surface area contributed by atoms with Crippen LogP contribution in [-0.4, -0.2) is 27.9 Å². The Bertz CT molecular complexity index is 433. The summed E-state index contributed by atoms with van der Waals surface area (Å²) >= 11 is 0. The Kier molecular flexibility index (Phi) is 6.02. The minimum Gasteiger partial charge on any atom is -0.311 e. The highest BCUT2D eigenvalue weighted by molar-refractivity contribution is 7.90. The number of benzene rings is 1. The Morgan fingerprint density at radius 3 is 2.31 bits per heavy atom. The molecule has 0 aromatic heterocycles. The van der Waals surface area contributed by atoms with Crippen molar-refractivity contribution in [3.63, 3.8) is 0 Å². The zero-order valence-electron chi connectivity index (χ0n) is 8.64. The predicted molar refractivity (Wildman–Crippen MR) is 62.9 cm³/mol. The Labute approximate surface area is 101 Å². The molecule has 0 aliphatic heterocycles. The van der Waals surface area contributed by atoms with Crippen molar-refractivity contribution in [3.05, 3.63) is 30.3 Å². The SMILES string of the molecule is CNCC(=O)NS(=O)(=O)c1ccccc1.Cl. The molecule has 5 nitrogen and oxygen atoms in total. The molecule has 0 aliphatic carbocycles. The van der Waals surface area contributed by atoms with E-state index in [-0.39, 0.29) is 23.8 Å². The van der Waals surface area contributed by atoms with Crippen molar-refractivity contribution in [2.24, 2.45) is 0 Å². The van der Waals surface area contributed by atoms with Gasteiger partial charge in [-0.1, -0.05) is 18.2 Å². The minimum absolute atomic E-state index is 0. The standard InChI is InChI=1S/C9H12N2O3S.ClH/c1-10-7-9(12)11-15(13,14)8-5-3-2-4-6-8;/h2-6,10H,7H2,1H3,(H,11,12);1H. The molecule has 0 bridgehead atoms. The van der Waals surface area contributed by atoms with E-state index in [0.29, 0.717) is 0 Å². The molecule has 0 fully saturated rings. The summed E-state index contributed by atoms with van der Waals surface area (Å²) in [4.78, 5) is 11.2. The fraction of sp³-hybridized carbons (Fsp3) is 0.222. The van der Waals surface area contributed by atoms with E-state index >= 15 is 0 Å². The van der Waals surface area contributed by atoms with E-state index in [1.807, 2.05) is 4.72 Å². The van der Waals surface area contributed by atoms with Crippen LogP contribution in [0.2, 0.25) is 0 Å². The molecule has 0 spiro atoms. The van der Waals surface area contributed by atoms with Crippen LogP contribution < -0.4 is 10.0 Å². The molecule has 0 heterocycles. The van der Waals surface area contributed by atoms with E-state index < -0.39 is 15.9 Å². The summed E-state index contributed by atoms with van der Waals surface area (Å²) in [6.07, 6.45) is 0. The normalized spacial score (nSPS) is 10.3. The maximum absolute atomic E-state index is 11.6. The van der Waals surface area contributed by atoms with Crippen LogP contribution in [-0.2, 0) is 14.8 Å². The molecule has 1 rings (SSSR count). The smallest absolute Gasteiger partial charge is 0.264 e. The average molecular weight is 265 g/mol. The van der Waals surface area contributed by atoms with Crippen LogP contribution >= 0.6 is 12.4 Å². The van der Waals surface area contributed by atoms with Crippen LogP contribution in [0.5, 0.6) is 0 Å². The number of carbonyl (C=O) groups excluding carboxylic acids is 1. The second-order valence-corrected chi connectivity index (χ2v) is 4.55. The molecule has 1 amide bonds. The van der Waals surface area contributed by atoms with Crippen LogP contribution in [0.1, 0.15) is 0 Å². The quantitative estimate of drug-likeness (QED) is 0.811. The lowest BCUT2D eigenvalue weighted by molar-refractivity contribution is -0.118. The lowest BCUT2D eigenvalue weighted by atomic mass is 10.4. The minimum atomic E-state index is -3.72. The number of rotatable bonds is 4. The maximum atomic E-state index is 11.6. The molecule has 0 aliphatic rings. The molecule has 16 heavy (non-hydrogen) atoms. The average Bonchev–Trinajstić information content (AvgIpc) is 2.18. The number of hydrogen-bond acceptors (Lipinski definition) is 4. The van der Waals surface area contributed by atoms with Gasteiger partial charge in [-0.15, -0.1) is 12.4 Å². The van der Waals surface area contributed by atoms with E-state index in [2.05, 4.69) is 5.32 Å². The molecule has 0 atom stereocenters. The third kappa shape index (κ3) is 4.18. The van der Waals surface area contributed by atoms with Crippen molar-refractivity contribution in [3.8, 4) is 0 Å². The summed E-state index contributed by atoms with van der Waals surface area (Å²) in [5, 5.41) is 2.57. The van der Waals surface area contributed by atoms with Gasteiger partial charge in [0.15, 0.2) is 0 Å². The van der Waals surface area contributed by atoms with Gasteiger partial charge in [0.2, 0.25) is 5.91 Å². The summed E-state index contributed by atoms with van der Waals surface area (Å²) in [6, 6.07) is 7.74. The van der Waals surface area contributed by atoms with Crippen LogP contribution in [0.25, 0.3) is 0 Å².